The molecule has 0 aromatic carbocycles. The minimum Gasteiger partial charge on any atom is -0.449 e. The van der Waals surface area contributed by atoms with E-state index in [1.54, 1.807) is 6.20 Å². The van der Waals surface area contributed by atoms with Crippen molar-refractivity contribution in [3.05, 3.63) is 24.9 Å². The standard InChI is InChI=1S/C10H13NO4/c1-3-11-6-4-5-8(11)7(2)9(12)15-10(13)14/h3,8H,1-2,4-6H2,(H,13,14). The van der Waals surface area contributed by atoms with Gasteiger partial charge in [-0.05, 0) is 19.0 Å². The Kier molecular flexibility index (Phi) is 3.49. The molecule has 1 rings (SSSR count). The lowest BCUT2D eigenvalue weighted by atomic mass is 10.1. The fourth-order valence-electron chi connectivity index (χ4n) is 1.66. The Balaban J connectivity index is 2.63. The smallest absolute Gasteiger partial charge is 0.449 e. The van der Waals surface area contributed by atoms with Crippen molar-refractivity contribution in [1.29, 1.82) is 0 Å². The molecule has 1 unspecified atom stereocenters. The molecule has 5 nitrogen and oxygen atoms in total. The molecule has 0 aromatic heterocycles. The van der Waals surface area contributed by atoms with Gasteiger partial charge in [0.2, 0.25) is 0 Å². The van der Waals surface area contributed by atoms with Gasteiger partial charge in [-0.2, -0.15) is 0 Å². The molecular weight excluding hydrogens is 198 g/mol. The third-order valence-electron chi connectivity index (χ3n) is 2.37. The zero-order valence-electron chi connectivity index (χ0n) is 8.31. The predicted octanol–water partition coefficient (Wildman–Crippen LogP) is 1.37. The number of hydrogen-bond donors (Lipinski definition) is 1. The van der Waals surface area contributed by atoms with Gasteiger partial charge in [-0.25, -0.2) is 9.59 Å². The molecule has 1 N–H and O–H groups in total. The van der Waals surface area contributed by atoms with Crippen molar-refractivity contribution in [2.75, 3.05) is 6.54 Å². The second-order valence-corrected chi connectivity index (χ2v) is 3.26. The molecule has 0 bridgehead atoms. The van der Waals surface area contributed by atoms with Crippen LogP contribution in [0.25, 0.3) is 0 Å². The van der Waals surface area contributed by atoms with E-state index in [2.05, 4.69) is 17.9 Å². The van der Waals surface area contributed by atoms with Gasteiger partial charge in [0.15, 0.2) is 0 Å². The minimum absolute atomic E-state index is 0.162. The number of hydrogen-bond acceptors (Lipinski definition) is 4. The maximum Gasteiger partial charge on any atom is 0.513 e. The molecular formula is C10H13NO4. The molecule has 0 radical (unpaired) electrons. The van der Waals surface area contributed by atoms with E-state index in [1.165, 1.54) is 0 Å². The summed E-state index contributed by atoms with van der Waals surface area (Å²) in [6.45, 7) is 7.97. The number of carbonyl (C=O) groups excluding carboxylic acids is 1. The highest BCUT2D eigenvalue weighted by molar-refractivity contribution is 5.94. The lowest BCUT2D eigenvalue weighted by Crippen LogP contribution is -2.30. The van der Waals surface area contributed by atoms with Gasteiger partial charge in [0.05, 0.1) is 11.6 Å². The molecule has 0 saturated carbocycles. The lowest BCUT2D eigenvalue weighted by Gasteiger charge is -2.22. The summed E-state index contributed by atoms with van der Waals surface area (Å²) in [4.78, 5) is 23.3. The number of ether oxygens (including phenoxy) is 1. The third-order valence-corrected chi connectivity index (χ3v) is 2.37. The normalized spacial score (nSPS) is 19.7. The third kappa shape index (κ3) is 2.59. The van der Waals surface area contributed by atoms with Crippen molar-refractivity contribution in [2.24, 2.45) is 0 Å². The maximum absolute atomic E-state index is 11.2. The van der Waals surface area contributed by atoms with Gasteiger partial charge in [0, 0.05) is 6.54 Å². The van der Waals surface area contributed by atoms with Crippen LogP contribution in [0.3, 0.4) is 0 Å². The number of carboxylic acid groups (broad SMARTS) is 1. The Labute approximate surface area is 87.6 Å². The second kappa shape index (κ2) is 4.63. The van der Waals surface area contributed by atoms with E-state index >= 15 is 0 Å². The first-order valence-corrected chi connectivity index (χ1v) is 4.58. The minimum atomic E-state index is -1.61. The molecule has 0 aliphatic carbocycles. The summed E-state index contributed by atoms with van der Waals surface area (Å²) < 4.78 is 4.03. The Morgan fingerprint density at radius 1 is 1.53 bits per heavy atom. The zero-order valence-corrected chi connectivity index (χ0v) is 8.31. The highest BCUT2D eigenvalue weighted by atomic mass is 16.7. The Hall–Kier alpha value is -1.78. The van der Waals surface area contributed by atoms with E-state index in [4.69, 9.17) is 5.11 Å². The van der Waals surface area contributed by atoms with E-state index in [9.17, 15) is 9.59 Å². The Morgan fingerprint density at radius 2 is 2.20 bits per heavy atom. The fraction of sp³-hybridized carbons (Fsp3) is 0.400. The summed E-state index contributed by atoms with van der Waals surface area (Å²) in [5.74, 6) is -0.888. The molecule has 0 amide bonds. The number of carbonyl (C=O) groups is 2. The highest BCUT2D eigenvalue weighted by Crippen LogP contribution is 2.23. The first-order chi connectivity index (χ1) is 7.06. The fourth-order valence-corrected chi connectivity index (χ4v) is 1.66. The lowest BCUT2D eigenvalue weighted by molar-refractivity contribution is -0.135. The van der Waals surface area contributed by atoms with Gasteiger partial charge in [0.1, 0.15) is 0 Å². The number of rotatable bonds is 3. The quantitative estimate of drug-likeness (QED) is 0.434. The van der Waals surface area contributed by atoms with Crippen molar-refractivity contribution in [3.8, 4) is 0 Å². The Morgan fingerprint density at radius 3 is 2.73 bits per heavy atom. The van der Waals surface area contributed by atoms with Crippen LogP contribution < -0.4 is 0 Å². The number of esters is 1. The molecule has 1 aliphatic rings. The monoisotopic (exact) mass is 211 g/mol. The van der Waals surface area contributed by atoms with Gasteiger partial charge in [0.25, 0.3) is 0 Å². The van der Waals surface area contributed by atoms with E-state index in [-0.39, 0.29) is 11.6 Å². The van der Waals surface area contributed by atoms with Crippen LogP contribution in [0.4, 0.5) is 4.79 Å². The van der Waals surface area contributed by atoms with Crippen LogP contribution >= 0.6 is 0 Å². The van der Waals surface area contributed by atoms with Crippen LogP contribution in [0.2, 0.25) is 0 Å². The van der Waals surface area contributed by atoms with Gasteiger partial charge in [-0.3, -0.25) is 0 Å². The van der Waals surface area contributed by atoms with Crippen molar-refractivity contribution in [3.63, 3.8) is 0 Å². The largest absolute Gasteiger partial charge is 0.513 e. The maximum atomic E-state index is 11.2. The zero-order chi connectivity index (χ0) is 11.4. The van der Waals surface area contributed by atoms with Crippen molar-refractivity contribution in [1.82, 2.24) is 4.90 Å². The molecule has 15 heavy (non-hydrogen) atoms. The van der Waals surface area contributed by atoms with Crippen LogP contribution in [0.1, 0.15) is 12.8 Å². The van der Waals surface area contributed by atoms with Gasteiger partial charge < -0.3 is 14.7 Å². The van der Waals surface area contributed by atoms with E-state index in [0.717, 1.165) is 19.4 Å². The van der Waals surface area contributed by atoms with Crippen molar-refractivity contribution >= 4 is 12.1 Å². The van der Waals surface area contributed by atoms with Crippen LogP contribution in [0.15, 0.2) is 24.9 Å². The second-order valence-electron chi connectivity index (χ2n) is 3.26. The van der Waals surface area contributed by atoms with Gasteiger partial charge in [-0.1, -0.05) is 13.2 Å². The van der Waals surface area contributed by atoms with E-state index in [1.807, 2.05) is 4.90 Å². The van der Waals surface area contributed by atoms with Crippen LogP contribution in [-0.2, 0) is 9.53 Å². The van der Waals surface area contributed by atoms with Crippen LogP contribution in [0, 0.1) is 0 Å². The summed E-state index contributed by atoms with van der Waals surface area (Å²) in [7, 11) is 0. The van der Waals surface area contributed by atoms with Gasteiger partial charge >= 0.3 is 12.1 Å². The topological polar surface area (TPSA) is 66.8 Å². The predicted molar refractivity (Wildman–Crippen MR) is 53.2 cm³/mol. The average molecular weight is 211 g/mol. The number of nitrogens with zero attached hydrogens (tertiary/aromatic N) is 1. The molecule has 1 aliphatic heterocycles. The molecule has 1 heterocycles. The highest BCUT2D eigenvalue weighted by Gasteiger charge is 2.29. The molecule has 1 fully saturated rings. The van der Waals surface area contributed by atoms with Crippen molar-refractivity contribution in [2.45, 2.75) is 18.9 Å². The molecule has 82 valence electrons. The van der Waals surface area contributed by atoms with E-state index < -0.39 is 12.1 Å². The summed E-state index contributed by atoms with van der Waals surface area (Å²) >= 11 is 0. The SMILES string of the molecule is C=CN1CCCC1C(=C)C(=O)OC(=O)O. The summed E-state index contributed by atoms with van der Waals surface area (Å²) in [6, 6.07) is -0.186. The van der Waals surface area contributed by atoms with Crippen molar-refractivity contribution < 1.29 is 19.4 Å². The summed E-state index contributed by atoms with van der Waals surface area (Å²) in [5, 5.41) is 8.28. The first-order valence-electron chi connectivity index (χ1n) is 4.58. The summed E-state index contributed by atoms with van der Waals surface area (Å²) in [6.07, 6.45) is 1.70. The summed E-state index contributed by atoms with van der Waals surface area (Å²) in [5.41, 5.74) is 0.162. The molecule has 1 saturated heterocycles. The molecule has 0 spiro atoms. The van der Waals surface area contributed by atoms with Gasteiger partial charge in [-0.15, -0.1) is 0 Å². The average Bonchev–Trinajstić information content (AvgIpc) is 2.62. The van der Waals surface area contributed by atoms with E-state index in [0.29, 0.717) is 0 Å². The number of likely N-dealkylation sites (tertiary alicyclic amines) is 1. The van der Waals surface area contributed by atoms with Crippen LogP contribution in [-0.4, -0.2) is 34.7 Å². The molecule has 1 atom stereocenters. The first kappa shape index (κ1) is 11.3. The Bertz CT molecular complexity index is 311. The molecule has 0 aromatic rings. The molecule has 5 heteroatoms. The van der Waals surface area contributed by atoms with Crippen LogP contribution in [0.5, 0.6) is 0 Å².